The van der Waals surface area contributed by atoms with Crippen LogP contribution in [0.3, 0.4) is 0 Å². The summed E-state index contributed by atoms with van der Waals surface area (Å²) < 4.78 is 10.8. The minimum Gasteiger partial charge on any atom is -0.491 e. The largest absolute Gasteiger partial charge is 0.491 e. The lowest BCUT2D eigenvalue weighted by atomic mass is 9.85. The van der Waals surface area contributed by atoms with Crippen LogP contribution < -0.4 is 10.5 Å². The molecule has 1 aromatic carbocycles. The predicted octanol–water partition coefficient (Wildman–Crippen LogP) is 2.07. The highest BCUT2D eigenvalue weighted by molar-refractivity contribution is 5.51. The van der Waals surface area contributed by atoms with E-state index in [0.717, 1.165) is 25.4 Å². The molecule has 15 heavy (non-hydrogen) atoms. The van der Waals surface area contributed by atoms with Crippen molar-refractivity contribution >= 4 is 5.69 Å². The fraction of sp³-hybridized carbons (Fsp3) is 0.500. The minimum atomic E-state index is 0.309. The van der Waals surface area contributed by atoms with Crippen LogP contribution in [0.1, 0.15) is 13.3 Å². The summed E-state index contributed by atoms with van der Waals surface area (Å²) in [7, 11) is 0. The van der Waals surface area contributed by atoms with E-state index in [2.05, 4.69) is 6.92 Å². The fourth-order valence-electron chi connectivity index (χ4n) is 1.61. The average Bonchev–Trinajstić information content (AvgIpc) is 2.18. The first-order chi connectivity index (χ1) is 7.20. The van der Waals surface area contributed by atoms with Crippen molar-refractivity contribution in [1.82, 2.24) is 0 Å². The molecule has 0 saturated carbocycles. The van der Waals surface area contributed by atoms with Gasteiger partial charge in [0.15, 0.2) is 0 Å². The SMILES string of the molecule is CC1(CCOc2ccccc2N)COC1. The molecular formula is C12H17NO2. The predicted molar refractivity (Wildman–Crippen MR) is 59.9 cm³/mol. The van der Waals surface area contributed by atoms with Gasteiger partial charge in [-0.3, -0.25) is 0 Å². The van der Waals surface area contributed by atoms with Gasteiger partial charge >= 0.3 is 0 Å². The molecule has 0 radical (unpaired) electrons. The van der Waals surface area contributed by atoms with Crippen LogP contribution in [0, 0.1) is 5.41 Å². The molecule has 3 heteroatoms. The number of para-hydroxylation sites is 2. The first-order valence-electron chi connectivity index (χ1n) is 5.25. The van der Waals surface area contributed by atoms with Crippen LogP contribution in [0.5, 0.6) is 5.75 Å². The van der Waals surface area contributed by atoms with Crippen LogP contribution in [0.15, 0.2) is 24.3 Å². The summed E-state index contributed by atoms with van der Waals surface area (Å²) in [5, 5.41) is 0. The highest BCUT2D eigenvalue weighted by Crippen LogP contribution is 2.31. The second-order valence-corrected chi connectivity index (χ2v) is 4.44. The van der Waals surface area contributed by atoms with E-state index in [1.165, 1.54) is 0 Å². The van der Waals surface area contributed by atoms with Gasteiger partial charge in [0.1, 0.15) is 5.75 Å². The third-order valence-electron chi connectivity index (χ3n) is 2.78. The van der Waals surface area contributed by atoms with Crippen molar-refractivity contribution in [3.05, 3.63) is 24.3 Å². The molecule has 1 fully saturated rings. The molecule has 1 aromatic rings. The van der Waals surface area contributed by atoms with Gasteiger partial charge in [-0.1, -0.05) is 19.1 Å². The summed E-state index contributed by atoms with van der Waals surface area (Å²) in [5.74, 6) is 0.779. The number of rotatable bonds is 4. The van der Waals surface area contributed by atoms with Crippen molar-refractivity contribution in [1.29, 1.82) is 0 Å². The summed E-state index contributed by atoms with van der Waals surface area (Å²) in [6.45, 7) is 4.61. The van der Waals surface area contributed by atoms with E-state index in [9.17, 15) is 0 Å². The third-order valence-corrected chi connectivity index (χ3v) is 2.78. The molecule has 2 rings (SSSR count). The molecule has 2 N–H and O–H groups in total. The van der Waals surface area contributed by atoms with Crippen molar-refractivity contribution < 1.29 is 9.47 Å². The Morgan fingerprint density at radius 3 is 2.73 bits per heavy atom. The Morgan fingerprint density at radius 1 is 1.40 bits per heavy atom. The normalized spacial score (nSPS) is 18.2. The summed E-state index contributed by atoms with van der Waals surface area (Å²) >= 11 is 0. The highest BCUT2D eigenvalue weighted by Gasteiger charge is 2.32. The molecular weight excluding hydrogens is 190 g/mol. The molecule has 0 unspecified atom stereocenters. The third kappa shape index (κ3) is 2.42. The molecule has 0 atom stereocenters. The van der Waals surface area contributed by atoms with Crippen molar-refractivity contribution in [3.63, 3.8) is 0 Å². The Kier molecular flexibility index (Phi) is 2.82. The quantitative estimate of drug-likeness (QED) is 0.769. The molecule has 1 heterocycles. The standard InChI is InChI=1S/C12H17NO2/c1-12(8-14-9-12)6-7-15-11-5-3-2-4-10(11)13/h2-5H,6-9,13H2,1H3. The van der Waals surface area contributed by atoms with E-state index < -0.39 is 0 Å². The van der Waals surface area contributed by atoms with Gasteiger partial charge in [-0.25, -0.2) is 0 Å². The van der Waals surface area contributed by atoms with Gasteiger partial charge in [0.25, 0.3) is 0 Å². The van der Waals surface area contributed by atoms with Crippen LogP contribution in [0.25, 0.3) is 0 Å². The van der Waals surface area contributed by atoms with Crippen molar-refractivity contribution in [3.8, 4) is 5.75 Å². The van der Waals surface area contributed by atoms with E-state index >= 15 is 0 Å². The Balaban J connectivity index is 1.81. The van der Waals surface area contributed by atoms with Crippen LogP contribution in [-0.4, -0.2) is 19.8 Å². The Morgan fingerprint density at radius 2 is 2.13 bits per heavy atom. The summed E-state index contributed by atoms with van der Waals surface area (Å²) in [5.41, 5.74) is 6.78. The summed E-state index contributed by atoms with van der Waals surface area (Å²) in [4.78, 5) is 0. The first kappa shape index (κ1) is 10.3. The van der Waals surface area contributed by atoms with Gasteiger partial charge in [0, 0.05) is 5.41 Å². The first-order valence-corrected chi connectivity index (χ1v) is 5.25. The number of hydrogen-bond acceptors (Lipinski definition) is 3. The zero-order valence-corrected chi connectivity index (χ0v) is 9.03. The lowest BCUT2D eigenvalue weighted by Crippen LogP contribution is -2.40. The summed E-state index contributed by atoms with van der Waals surface area (Å²) in [6, 6.07) is 7.58. The van der Waals surface area contributed by atoms with Gasteiger partial charge in [-0.15, -0.1) is 0 Å². The second-order valence-electron chi connectivity index (χ2n) is 4.44. The van der Waals surface area contributed by atoms with Gasteiger partial charge in [-0.05, 0) is 18.6 Å². The molecule has 82 valence electrons. The number of benzene rings is 1. The maximum Gasteiger partial charge on any atom is 0.142 e. The van der Waals surface area contributed by atoms with Gasteiger partial charge in [0.2, 0.25) is 0 Å². The van der Waals surface area contributed by atoms with Crippen molar-refractivity contribution in [2.45, 2.75) is 13.3 Å². The summed E-state index contributed by atoms with van der Waals surface area (Å²) in [6.07, 6.45) is 1.02. The zero-order chi connectivity index (χ0) is 10.7. The molecule has 1 aliphatic heterocycles. The zero-order valence-electron chi connectivity index (χ0n) is 9.03. The van der Waals surface area contributed by atoms with E-state index in [1.807, 2.05) is 24.3 Å². The van der Waals surface area contributed by atoms with Crippen LogP contribution in [0.4, 0.5) is 5.69 Å². The lowest BCUT2D eigenvalue weighted by molar-refractivity contribution is -0.109. The molecule has 1 saturated heterocycles. The van der Waals surface area contributed by atoms with E-state index in [4.69, 9.17) is 15.2 Å². The number of nitrogen functional groups attached to an aromatic ring is 1. The lowest BCUT2D eigenvalue weighted by Gasteiger charge is -2.37. The smallest absolute Gasteiger partial charge is 0.142 e. The number of anilines is 1. The molecule has 0 aliphatic carbocycles. The molecule has 0 aromatic heterocycles. The molecule has 0 bridgehead atoms. The average molecular weight is 207 g/mol. The molecule has 0 amide bonds. The molecule has 0 spiro atoms. The topological polar surface area (TPSA) is 44.5 Å². The highest BCUT2D eigenvalue weighted by atomic mass is 16.5. The van der Waals surface area contributed by atoms with E-state index in [0.29, 0.717) is 17.7 Å². The number of hydrogen-bond donors (Lipinski definition) is 1. The van der Waals surface area contributed by atoms with Crippen molar-refractivity contribution in [2.24, 2.45) is 5.41 Å². The van der Waals surface area contributed by atoms with Crippen LogP contribution in [0.2, 0.25) is 0 Å². The van der Waals surface area contributed by atoms with E-state index in [1.54, 1.807) is 0 Å². The maximum atomic E-state index is 5.77. The van der Waals surface area contributed by atoms with Crippen LogP contribution >= 0.6 is 0 Å². The fourth-order valence-corrected chi connectivity index (χ4v) is 1.61. The Bertz CT molecular complexity index is 334. The van der Waals surface area contributed by atoms with Gasteiger partial charge in [-0.2, -0.15) is 0 Å². The van der Waals surface area contributed by atoms with E-state index in [-0.39, 0.29) is 0 Å². The van der Waals surface area contributed by atoms with Crippen LogP contribution in [-0.2, 0) is 4.74 Å². The van der Waals surface area contributed by atoms with Crippen molar-refractivity contribution in [2.75, 3.05) is 25.6 Å². The maximum absolute atomic E-state index is 5.77. The van der Waals surface area contributed by atoms with Gasteiger partial charge < -0.3 is 15.2 Å². The van der Waals surface area contributed by atoms with Gasteiger partial charge in [0.05, 0.1) is 25.5 Å². The second kappa shape index (κ2) is 4.11. The Labute approximate surface area is 90.2 Å². The number of nitrogens with two attached hydrogens (primary N) is 1. The molecule has 3 nitrogen and oxygen atoms in total. The minimum absolute atomic E-state index is 0.309. The molecule has 1 aliphatic rings. The number of ether oxygens (including phenoxy) is 2. The monoisotopic (exact) mass is 207 g/mol. The Hall–Kier alpha value is -1.22.